The Morgan fingerprint density at radius 1 is 0.929 bits per heavy atom. The fraction of sp³-hybridized carbons (Fsp3) is 0.136. The minimum Gasteiger partial charge on any atom is -0.360 e. The van der Waals surface area contributed by atoms with Gasteiger partial charge in [-0.3, -0.25) is 4.57 Å². The predicted octanol–water partition coefficient (Wildman–Crippen LogP) is 3.62. The number of para-hydroxylation sites is 2. The molecule has 6 heteroatoms. The smallest absolute Gasteiger partial charge is 0.330 e. The maximum atomic E-state index is 12.8. The molecule has 3 aromatic heterocycles. The molecule has 0 fully saturated rings. The fourth-order valence-corrected chi connectivity index (χ4v) is 3.94. The molecule has 0 radical (unpaired) electrons. The molecule has 0 aliphatic heterocycles. The van der Waals surface area contributed by atoms with Crippen molar-refractivity contribution in [2.45, 2.75) is 13.0 Å². The summed E-state index contributed by atoms with van der Waals surface area (Å²) in [6.45, 7) is 1.45. The number of aromatic amines is 2. The molecule has 0 atom stereocenters. The van der Waals surface area contributed by atoms with E-state index in [4.69, 9.17) is 5.73 Å². The molecule has 2 aromatic carbocycles. The van der Waals surface area contributed by atoms with E-state index in [1.165, 1.54) is 0 Å². The molecule has 0 amide bonds. The normalized spacial score (nSPS) is 11.6. The van der Waals surface area contributed by atoms with Crippen molar-refractivity contribution < 1.29 is 0 Å². The topological polar surface area (TPSA) is 84.5 Å². The molecule has 28 heavy (non-hydrogen) atoms. The average Bonchev–Trinajstić information content (AvgIpc) is 3.41. The van der Waals surface area contributed by atoms with E-state index in [9.17, 15) is 4.79 Å². The van der Waals surface area contributed by atoms with Gasteiger partial charge in [-0.2, -0.15) is 0 Å². The lowest BCUT2D eigenvalue weighted by molar-refractivity contribution is 0.669. The molecule has 5 aromatic rings. The summed E-state index contributed by atoms with van der Waals surface area (Å²) in [6, 6.07) is 16.3. The SMILES string of the molecule is NCCCn1cc(-n2c(-c3c[nH]c4ccccc34)c[nH]c2=O)c2ccccc21. The number of nitrogens with one attached hydrogen (secondary N) is 2. The van der Waals surface area contributed by atoms with Gasteiger partial charge in [0.05, 0.1) is 16.9 Å². The van der Waals surface area contributed by atoms with Crippen LogP contribution in [0.5, 0.6) is 0 Å². The van der Waals surface area contributed by atoms with Gasteiger partial charge in [-0.05, 0) is 25.1 Å². The van der Waals surface area contributed by atoms with Gasteiger partial charge < -0.3 is 20.3 Å². The third-order valence-electron chi connectivity index (χ3n) is 5.25. The number of imidazole rings is 1. The van der Waals surface area contributed by atoms with Crippen molar-refractivity contribution in [3.8, 4) is 16.9 Å². The van der Waals surface area contributed by atoms with Crippen LogP contribution in [0.1, 0.15) is 6.42 Å². The zero-order valence-corrected chi connectivity index (χ0v) is 15.4. The second kappa shape index (κ2) is 6.58. The first-order valence-electron chi connectivity index (χ1n) is 9.43. The molecule has 140 valence electrons. The highest BCUT2D eigenvalue weighted by molar-refractivity contribution is 5.96. The Balaban J connectivity index is 1.76. The summed E-state index contributed by atoms with van der Waals surface area (Å²) in [5.41, 5.74) is 10.4. The molecule has 6 nitrogen and oxygen atoms in total. The number of nitrogens with two attached hydrogens (primary N) is 1. The fourth-order valence-electron chi connectivity index (χ4n) is 3.94. The number of aromatic nitrogens is 4. The zero-order valence-electron chi connectivity index (χ0n) is 15.4. The van der Waals surface area contributed by atoms with Gasteiger partial charge in [-0.1, -0.05) is 36.4 Å². The van der Waals surface area contributed by atoms with Crippen LogP contribution in [0.25, 0.3) is 38.8 Å². The number of benzene rings is 2. The van der Waals surface area contributed by atoms with Crippen LogP contribution in [0.3, 0.4) is 0 Å². The van der Waals surface area contributed by atoms with Gasteiger partial charge in [0, 0.05) is 47.0 Å². The van der Waals surface area contributed by atoms with Gasteiger partial charge in [0.2, 0.25) is 0 Å². The van der Waals surface area contributed by atoms with E-state index in [1.54, 1.807) is 10.8 Å². The van der Waals surface area contributed by atoms with Crippen LogP contribution in [-0.4, -0.2) is 25.6 Å². The van der Waals surface area contributed by atoms with Crippen molar-refractivity contribution in [1.29, 1.82) is 0 Å². The van der Waals surface area contributed by atoms with Gasteiger partial charge in [-0.25, -0.2) is 4.79 Å². The van der Waals surface area contributed by atoms with Crippen molar-refractivity contribution in [2.75, 3.05) is 6.54 Å². The lowest BCUT2D eigenvalue weighted by Gasteiger charge is -2.05. The standard InChI is InChI=1S/C22H21N5O/c23-10-5-11-26-14-21(16-7-2-4-9-19(16)26)27-20(13-25-22(27)28)17-12-24-18-8-3-1-6-15(17)18/h1-4,6-9,12-14,24H,5,10-11,23H2,(H,25,28). The van der Waals surface area contributed by atoms with E-state index in [-0.39, 0.29) is 5.69 Å². The van der Waals surface area contributed by atoms with Crippen molar-refractivity contribution in [1.82, 2.24) is 19.1 Å². The van der Waals surface area contributed by atoms with Gasteiger partial charge in [-0.15, -0.1) is 0 Å². The van der Waals surface area contributed by atoms with Crippen LogP contribution < -0.4 is 11.4 Å². The van der Waals surface area contributed by atoms with Gasteiger partial charge in [0.25, 0.3) is 0 Å². The predicted molar refractivity (Wildman–Crippen MR) is 113 cm³/mol. The van der Waals surface area contributed by atoms with Crippen LogP contribution in [-0.2, 0) is 6.54 Å². The zero-order chi connectivity index (χ0) is 19.1. The highest BCUT2D eigenvalue weighted by Crippen LogP contribution is 2.32. The summed E-state index contributed by atoms with van der Waals surface area (Å²) in [6.07, 6.45) is 6.67. The number of aryl methyl sites for hydroxylation is 1. The van der Waals surface area contributed by atoms with Crippen LogP contribution in [0.4, 0.5) is 0 Å². The molecule has 0 saturated carbocycles. The Morgan fingerprint density at radius 2 is 1.71 bits per heavy atom. The van der Waals surface area contributed by atoms with Crippen LogP contribution in [0.15, 0.2) is 71.9 Å². The molecule has 3 heterocycles. The number of hydrogen-bond acceptors (Lipinski definition) is 2. The van der Waals surface area contributed by atoms with E-state index >= 15 is 0 Å². The minimum absolute atomic E-state index is 0.151. The Bertz CT molecular complexity index is 1330. The lowest BCUT2D eigenvalue weighted by atomic mass is 10.1. The monoisotopic (exact) mass is 371 g/mol. The Labute approximate surface area is 161 Å². The van der Waals surface area contributed by atoms with E-state index in [1.807, 2.05) is 42.7 Å². The van der Waals surface area contributed by atoms with E-state index < -0.39 is 0 Å². The van der Waals surface area contributed by atoms with Gasteiger partial charge in [0.1, 0.15) is 0 Å². The van der Waals surface area contributed by atoms with Crippen LogP contribution >= 0.6 is 0 Å². The quantitative estimate of drug-likeness (QED) is 0.441. The third kappa shape index (κ3) is 2.50. The summed E-state index contributed by atoms with van der Waals surface area (Å²) in [5.74, 6) is 0. The maximum Gasteiger partial charge on any atom is 0.330 e. The average molecular weight is 371 g/mol. The molecule has 0 saturated heterocycles. The highest BCUT2D eigenvalue weighted by Gasteiger charge is 2.18. The van der Waals surface area contributed by atoms with Crippen LogP contribution in [0.2, 0.25) is 0 Å². The first kappa shape index (κ1) is 16.6. The second-order valence-corrected chi connectivity index (χ2v) is 6.93. The Hall–Kier alpha value is -3.51. The second-order valence-electron chi connectivity index (χ2n) is 6.93. The molecule has 4 N–H and O–H groups in total. The summed E-state index contributed by atoms with van der Waals surface area (Å²) in [5, 5.41) is 2.13. The molecule has 5 rings (SSSR count). The van der Waals surface area contributed by atoms with E-state index in [0.717, 1.165) is 51.7 Å². The van der Waals surface area contributed by atoms with E-state index in [0.29, 0.717) is 6.54 Å². The maximum absolute atomic E-state index is 12.8. The molecule has 0 spiro atoms. The Morgan fingerprint density at radius 3 is 2.57 bits per heavy atom. The first-order chi connectivity index (χ1) is 13.8. The summed E-state index contributed by atoms with van der Waals surface area (Å²) in [7, 11) is 0. The number of rotatable bonds is 5. The Kier molecular flexibility index (Phi) is 3.91. The summed E-state index contributed by atoms with van der Waals surface area (Å²) in [4.78, 5) is 19.0. The molecule has 0 bridgehead atoms. The van der Waals surface area contributed by atoms with Crippen molar-refractivity contribution in [3.05, 3.63) is 77.6 Å². The largest absolute Gasteiger partial charge is 0.360 e. The number of nitrogens with zero attached hydrogens (tertiary/aromatic N) is 2. The third-order valence-corrected chi connectivity index (χ3v) is 5.25. The molecular weight excluding hydrogens is 350 g/mol. The summed E-state index contributed by atoms with van der Waals surface area (Å²) >= 11 is 0. The van der Waals surface area contributed by atoms with Gasteiger partial charge >= 0.3 is 5.69 Å². The van der Waals surface area contributed by atoms with Crippen molar-refractivity contribution in [2.24, 2.45) is 5.73 Å². The van der Waals surface area contributed by atoms with E-state index in [2.05, 4.69) is 32.7 Å². The highest BCUT2D eigenvalue weighted by atomic mass is 16.1. The minimum atomic E-state index is -0.151. The number of H-pyrrole nitrogens is 2. The summed E-state index contributed by atoms with van der Waals surface area (Å²) < 4.78 is 3.94. The number of hydrogen-bond donors (Lipinski definition) is 3. The molecular formula is C22H21N5O. The molecule has 0 aliphatic carbocycles. The first-order valence-corrected chi connectivity index (χ1v) is 9.43. The van der Waals surface area contributed by atoms with Crippen molar-refractivity contribution in [3.63, 3.8) is 0 Å². The molecule has 0 unspecified atom stereocenters. The van der Waals surface area contributed by atoms with Crippen LogP contribution in [0, 0.1) is 0 Å². The number of fused-ring (bicyclic) bond motifs is 2. The van der Waals surface area contributed by atoms with Gasteiger partial charge in [0.15, 0.2) is 0 Å². The molecule has 0 aliphatic rings. The lowest BCUT2D eigenvalue weighted by Crippen LogP contribution is -2.15. The van der Waals surface area contributed by atoms with Crippen molar-refractivity contribution >= 4 is 21.8 Å².